The molecule has 0 amide bonds. The minimum Gasteiger partial charge on any atom is -0.495 e. The van der Waals surface area contributed by atoms with Gasteiger partial charge in [0, 0.05) is 22.7 Å². The molecule has 4 rings (SSSR count). The highest BCUT2D eigenvalue weighted by Crippen LogP contribution is 2.40. The topological polar surface area (TPSA) is 65.2 Å². The summed E-state index contributed by atoms with van der Waals surface area (Å²) < 4.78 is 7.23. The Morgan fingerprint density at radius 1 is 1.24 bits per heavy atom. The minimum absolute atomic E-state index is 0.549. The summed E-state index contributed by atoms with van der Waals surface area (Å²) in [5.41, 5.74) is 4.22. The first-order valence-electron chi connectivity index (χ1n) is 7.51. The SMILES string of the molecule is COc1ccc(C)c(-c2cc3cnc(SC)nc3n3cnnc23)c1Cl. The van der Waals surface area contributed by atoms with Gasteiger partial charge in [0.2, 0.25) is 0 Å². The summed E-state index contributed by atoms with van der Waals surface area (Å²) in [5.74, 6) is 0.619. The number of fused-ring (bicyclic) bond motifs is 3. The van der Waals surface area contributed by atoms with Crippen LogP contribution in [0.5, 0.6) is 5.75 Å². The van der Waals surface area contributed by atoms with Crippen LogP contribution >= 0.6 is 23.4 Å². The van der Waals surface area contributed by atoms with Gasteiger partial charge in [0.25, 0.3) is 0 Å². The number of rotatable bonds is 3. The van der Waals surface area contributed by atoms with E-state index in [-0.39, 0.29) is 0 Å². The fourth-order valence-corrected chi connectivity index (χ4v) is 3.61. The van der Waals surface area contributed by atoms with Crippen LogP contribution in [0.1, 0.15) is 5.56 Å². The molecule has 0 saturated carbocycles. The normalized spacial score (nSPS) is 11.4. The smallest absolute Gasteiger partial charge is 0.189 e. The molecule has 0 saturated heterocycles. The maximum Gasteiger partial charge on any atom is 0.189 e. The number of methoxy groups -OCH3 is 1. The maximum atomic E-state index is 6.60. The molecule has 0 N–H and O–H groups in total. The third-order valence-corrected chi connectivity index (χ3v) is 5.01. The number of thioether (sulfide) groups is 1. The molecule has 3 heterocycles. The van der Waals surface area contributed by atoms with Crippen LogP contribution in [0.2, 0.25) is 5.02 Å². The first-order chi connectivity index (χ1) is 12.1. The lowest BCUT2D eigenvalue weighted by Crippen LogP contribution is -1.98. The molecule has 3 aromatic heterocycles. The van der Waals surface area contributed by atoms with Crippen molar-refractivity contribution < 1.29 is 4.74 Å². The number of ether oxygens (including phenoxy) is 1. The van der Waals surface area contributed by atoms with E-state index >= 15 is 0 Å². The number of hydrogen-bond acceptors (Lipinski definition) is 6. The molecular formula is C17H14ClN5OS. The molecule has 25 heavy (non-hydrogen) atoms. The van der Waals surface area contributed by atoms with Gasteiger partial charge in [-0.3, -0.25) is 4.40 Å². The maximum absolute atomic E-state index is 6.60. The van der Waals surface area contributed by atoms with Gasteiger partial charge in [-0.1, -0.05) is 29.4 Å². The summed E-state index contributed by atoms with van der Waals surface area (Å²) in [7, 11) is 1.60. The summed E-state index contributed by atoms with van der Waals surface area (Å²) >= 11 is 8.09. The number of halogens is 1. The third-order valence-electron chi connectivity index (χ3n) is 4.08. The van der Waals surface area contributed by atoms with Crippen LogP contribution in [-0.2, 0) is 0 Å². The van der Waals surface area contributed by atoms with Crippen LogP contribution in [-0.4, -0.2) is 37.9 Å². The highest BCUT2D eigenvalue weighted by atomic mass is 35.5. The van der Waals surface area contributed by atoms with Gasteiger partial charge >= 0.3 is 0 Å². The first-order valence-corrected chi connectivity index (χ1v) is 9.11. The molecule has 0 atom stereocenters. The van der Waals surface area contributed by atoms with Gasteiger partial charge in [-0.15, -0.1) is 10.2 Å². The Balaban J connectivity index is 2.11. The summed E-state index contributed by atoms with van der Waals surface area (Å²) in [5, 5.41) is 10.5. The van der Waals surface area contributed by atoms with Crippen molar-refractivity contribution in [1.29, 1.82) is 0 Å². The molecule has 8 heteroatoms. The van der Waals surface area contributed by atoms with Gasteiger partial charge < -0.3 is 4.74 Å². The summed E-state index contributed by atoms with van der Waals surface area (Å²) in [6.07, 6.45) is 5.40. The molecular weight excluding hydrogens is 358 g/mol. The highest BCUT2D eigenvalue weighted by Gasteiger charge is 2.18. The molecule has 0 bridgehead atoms. The Morgan fingerprint density at radius 2 is 2.08 bits per heavy atom. The number of aromatic nitrogens is 5. The van der Waals surface area contributed by atoms with Crippen molar-refractivity contribution in [3.05, 3.63) is 41.3 Å². The van der Waals surface area contributed by atoms with Gasteiger partial charge in [0.1, 0.15) is 12.1 Å². The van der Waals surface area contributed by atoms with Crippen LogP contribution in [0, 0.1) is 6.92 Å². The second kappa shape index (κ2) is 6.16. The van der Waals surface area contributed by atoms with E-state index in [2.05, 4.69) is 20.2 Å². The Hall–Kier alpha value is -2.38. The third kappa shape index (κ3) is 2.51. The van der Waals surface area contributed by atoms with Crippen LogP contribution in [0.3, 0.4) is 0 Å². The van der Waals surface area contributed by atoms with E-state index < -0.39 is 0 Å². The molecule has 4 aromatic rings. The van der Waals surface area contributed by atoms with E-state index in [0.29, 0.717) is 21.6 Å². The molecule has 0 aliphatic heterocycles. The number of aryl methyl sites for hydroxylation is 1. The van der Waals surface area contributed by atoms with Crippen molar-refractivity contribution in [2.24, 2.45) is 0 Å². The van der Waals surface area contributed by atoms with Crippen LogP contribution < -0.4 is 4.74 Å². The second-order valence-electron chi connectivity index (χ2n) is 5.49. The molecule has 6 nitrogen and oxygen atoms in total. The predicted molar refractivity (Wildman–Crippen MR) is 99.6 cm³/mol. The van der Waals surface area contributed by atoms with Crippen LogP contribution in [0.4, 0.5) is 0 Å². The van der Waals surface area contributed by atoms with Crippen molar-refractivity contribution in [2.75, 3.05) is 13.4 Å². The molecule has 0 spiro atoms. The molecule has 0 fully saturated rings. The van der Waals surface area contributed by atoms with E-state index in [1.165, 1.54) is 11.8 Å². The van der Waals surface area contributed by atoms with E-state index in [9.17, 15) is 0 Å². The molecule has 0 aliphatic carbocycles. The number of benzene rings is 1. The van der Waals surface area contributed by atoms with Crippen molar-refractivity contribution in [3.63, 3.8) is 0 Å². The van der Waals surface area contributed by atoms with Gasteiger partial charge in [-0.2, -0.15) is 0 Å². The van der Waals surface area contributed by atoms with E-state index in [1.54, 1.807) is 19.6 Å². The lowest BCUT2D eigenvalue weighted by Gasteiger charge is -2.14. The monoisotopic (exact) mass is 371 g/mol. The van der Waals surface area contributed by atoms with E-state index in [4.69, 9.17) is 16.3 Å². The Bertz CT molecular complexity index is 1110. The van der Waals surface area contributed by atoms with Crippen LogP contribution in [0.15, 0.2) is 35.9 Å². The lowest BCUT2D eigenvalue weighted by atomic mass is 10.00. The van der Waals surface area contributed by atoms with E-state index in [1.807, 2.05) is 35.8 Å². The van der Waals surface area contributed by atoms with Crippen molar-refractivity contribution in [1.82, 2.24) is 24.6 Å². The summed E-state index contributed by atoms with van der Waals surface area (Å²) in [4.78, 5) is 8.95. The molecule has 126 valence electrons. The number of pyridine rings is 1. The van der Waals surface area contributed by atoms with Gasteiger partial charge in [0.15, 0.2) is 16.5 Å². The minimum atomic E-state index is 0.549. The average Bonchev–Trinajstić information content (AvgIpc) is 3.12. The largest absolute Gasteiger partial charge is 0.495 e. The van der Waals surface area contributed by atoms with Gasteiger partial charge in [0.05, 0.1) is 12.1 Å². The zero-order valence-electron chi connectivity index (χ0n) is 13.8. The first kappa shape index (κ1) is 16.1. The number of hydrogen-bond donors (Lipinski definition) is 0. The fraction of sp³-hybridized carbons (Fsp3) is 0.176. The van der Waals surface area contributed by atoms with Crippen molar-refractivity contribution >= 4 is 40.0 Å². The molecule has 1 aromatic carbocycles. The average molecular weight is 372 g/mol. The summed E-state index contributed by atoms with van der Waals surface area (Å²) in [6.45, 7) is 2.01. The van der Waals surface area contributed by atoms with Gasteiger partial charge in [-0.05, 0) is 30.9 Å². The predicted octanol–water partition coefficient (Wildman–Crippen LogP) is 4.03. The zero-order chi connectivity index (χ0) is 17.6. The Labute approximate surface area is 153 Å². The molecule has 0 radical (unpaired) electrons. The quantitative estimate of drug-likeness (QED) is 0.400. The molecule has 0 unspecified atom stereocenters. The zero-order valence-corrected chi connectivity index (χ0v) is 15.4. The standard InChI is InChI=1S/C17H14ClN5OS/c1-9-4-5-12(24-2)14(18)13(9)11-6-10-7-19-17(25-3)21-15(10)23-8-20-22-16(11)23/h4-8H,1-3H3. The fourth-order valence-electron chi connectivity index (χ4n) is 2.88. The van der Waals surface area contributed by atoms with Crippen molar-refractivity contribution in [3.8, 4) is 16.9 Å². The lowest BCUT2D eigenvalue weighted by molar-refractivity contribution is 0.415. The Kier molecular flexibility index (Phi) is 3.97. The number of nitrogens with zero attached hydrogens (tertiary/aromatic N) is 5. The van der Waals surface area contributed by atoms with Crippen LogP contribution in [0.25, 0.3) is 27.8 Å². The Morgan fingerprint density at radius 3 is 2.84 bits per heavy atom. The summed E-state index contributed by atoms with van der Waals surface area (Å²) in [6, 6.07) is 5.83. The van der Waals surface area contributed by atoms with Crippen molar-refractivity contribution in [2.45, 2.75) is 12.1 Å². The second-order valence-corrected chi connectivity index (χ2v) is 6.64. The van der Waals surface area contributed by atoms with Gasteiger partial charge in [-0.25, -0.2) is 9.97 Å². The molecule has 0 aliphatic rings. The van der Waals surface area contributed by atoms with E-state index in [0.717, 1.165) is 27.7 Å². The highest BCUT2D eigenvalue weighted by molar-refractivity contribution is 7.98.